The third kappa shape index (κ3) is 2.96. The van der Waals surface area contributed by atoms with Crippen molar-refractivity contribution in [1.29, 1.82) is 10.5 Å². The number of rotatable bonds is 2. The van der Waals surface area contributed by atoms with Crippen LogP contribution >= 0.6 is 0 Å². The van der Waals surface area contributed by atoms with Gasteiger partial charge in [0.15, 0.2) is 0 Å². The first-order valence-electron chi connectivity index (χ1n) is 5.54. The molecule has 0 aliphatic carbocycles. The lowest BCUT2D eigenvalue weighted by molar-refractivity contribution is 0.102. The molecule has 2 aromatic rings. The van der Waals surface area contributed by atoms with Crippen LogP contribution in [0.2, 0.25) is 0 Å². The van der Waals surface area contributed by atoms with Crippen molar-refractivity contribution in [2.24, 2.45) is 0 Å². The molecule has 2 rings (SSSR count). The Morgan fingerprint density at radius 2 is 1.32 bits per heavy atom. The fraction of sp³-hybridized carbons (Fsp3) is 0. The molecule has 0 heterocycles. The summed E-state index contributed by atoms with van der Waals surface area (Å²) in [5.41, 5.74) is 2.14. The number of nitriles is 2. The first kappa shape index (κ1) is 12.3. The first-order valence-corrected chi connectivity index (χ1v) is 5.54. The number of carbonyl (C=O) groups excluding carboxylic acids is 1. The van der Waals surface area contributed by atoms with Gasteiger partial charge in [-0.2, -0.15) is 10.5 Å². The monoisotopic (exact) mass is 247 g/mol. The lowest BCUT2D eigenvalue weighted by Gasteiger charge is -2.05. The first-order chi connectivity index (χ1) is 9.22. The largest absolute Gasteiger partial charge is 0.322 e. The SMILES string of the molecule is N#Cc1ccc(NC(=O)c2ccc(C#N)cc2)cc1. The molecule has 0 aliphatic heterocycles. The molecule has 0 fully saturated rings. The highest BCUT2D eigenvalue weighted by Gasteiger charge is 2.05. The van der Waals surface area contributed by atoms with E-state index in [1.807, 2.05) is 12.1 Å². The summed E-state index contributed by atoms with van der Waals surface area (Å²) in [5.74, 6) is -0.255. The van der Waals surface area contributed by atoms with Crippen molar-refractivity contribution in [1.82, 2.24) is 0 Å². The maximum absolute atomic E-state index is 11.9. The minimum atomic E-state index is -0.255. The molecule has 1 amide bonds. The number of anilines is 1. The molecule has 0 spiro atoms. The molecule has 0 saturated carbocycles. The standard InChI is InChI=1S/C15H9N3O/c16-9-11-1-5-13(6-2-11)15(19)18-14-7-3-12(10-17)4-8-14/h1-8H,(H,18,19). The van der Waals surface area contributed by atoms with Gasteiger partial charge in [-0.25, -0.2) is 0 Å². The molecule has 0 radical (unpaired) electrons. The highest BCUT2D eigenvalue weighted by molar-refractivity contribution is 6.04. The van der Waals surface area contributed by atoms with E-state index in [0.29, 0.717) is 22.4 Å². The summed E-state index contributed by atoms with van der Waals surface area (Å²) < 4.78 is 0. The smallest absolute Gasteiger partial charge is 0.255 e. The molecule has 0 aliphatic rings. The summed E-state index contributed by atoms with van der Waals surface area (Å²) in [6.07, 6.45) is 0. The molecule has 0 aromatic heterocycles. The highest BCUT2D eigenvalue weighted by atomic mass is 16.1. The number of nitrogens with zero attached hydrogens (tertiary/aromatic N) is 2. The molecule has 0 unspecified atom stereocenters. The normalized spacial score (nSPS) is 9.16. The van der Waals surface area contributed by atoms with Crippen LogP contribution in [0.5, 0.6) is 0 Å². The van der Waals surface area contributed by atoms with Gasteiger partial charge in [0.1, 0.15) is 0 Å². The summed E-state index contributed by atoms with van der Waals surface area (Å²) in [6, 6.07) is 17.0. The zero-order valence-electron chi connectivity index (χ0n) is 9.92. The maximum Gasteiger partial charge on any atom is 0.255 e. The lowest BCUT2D eigenvalue weighted by Crippen LogP contribution is -2.11. The van der Waals surface area contributed by atoms with Gasteiger partial charge in [0.05, 0.1) is 23.3 Å². The van der Waals surface area contributed by atoms with E-state index in [9.17, 15) is 4.79 Å². The third-order valence-corrected chi connectivity index (χ3v) is 2.55. The van der Waals surface area contributed by atoms with Gasteiger partial charge in [0.2, 0.25) is 0 Å². The maximum atomic E-state index is 11.9. The molecular formula is C15H9N3O. The van der Waals surface area contributed by atoms with Gasteiger partial charge < -0.3 is 5.32 Å². The van der Waals surface area contributed by atoms with Crippen molar-refractivity contribution in [3.05, 3.63) is 65.2 Å². The van der Waals surface area contributed by atoms with Crippen LogP contribution in [0.1, 0.15) is 21.5 Å². The number of hydrogen-bond acceptors (Lipinski definition) is 3. The number of nitrogens with one attached hydrogen (secondary N) is 1. The van der Waals surface area contributed by atoms with Gasteiger partial charge >= 0.3 is 0 Å². The van der Waals surface area contributed by atoms with Crippen LogP contribution < -0.4 is 5.32 Å². The van der Waals surface area contributed by atoms with Crippen LogP contribution in [0.3, 0.4) is 0 Å². The van der Waals surface area contributed by atoms with E-state index in [1.165, 1.54) is 0 Å². The average molecular weight is 247 g/mol. The summed E-state index contributed by atoms with van der Waals surface area (Å²) in [7, 11) is 0. The third-order valence-electron chi connectivity index (χ3n) is 2.55. The van der Waals surface area contributed by atoms with E-state index in [2.05, 4.69) is 5.32 Å². The zero-order valence-corrected chi connectivity index (χ0v) is 9.92. The van der Waals surface area contributed by atoms with Crippen LogP contribution in [-0.4, -0.2) is 5.91 Å². The molecule has 90 valence electrons. The zero-order chi connectivity index (χ0) is 13.7. The number of benzene rings is 2. The highest BCUT2D eigenvalue weighted by Crippen LogP contribution is 2.11. The molecule has 2 aromatic carbocycles. The fourth-order valence-electron chi connectivity index (χ4n) is 1.53. The summed E-state index contributed by atoms with van der Waals surface area (Å²) in [5, 5.41) is 20.1. The Bertz CT molecular complexity index is 673. The van der Waals surface area contributed by atoms with Crippen molar-refractivity contribution < 1.29 is 4.79 Å². The Hall–Kier alpha value is -3.11. The Morgan fingerprint density at radius 1 is 0.842 bits per heavy atom. The van der Waals surface area contributed by atoms with Crippen molar-refractivity contribution in [2.75, 3.05) is 5.32 Å². The molecule has 1 N–H and O–H groups in total. The van der Waals surface area contributed by atoms with E-state index in [0.717, 1.165) is 0 Å². The minimum Gasteiger partial charge on any atom is -0.322 e. The van der Waals surface area contributed by atoms with E-state index in [4.69, 9.17) is 10.5 Å². The molecular weight excluding hydrogens is 238 g/mol. The second kappa shape index (κ2) is 5.48. The van der Waals surface area contributed by atoms with Crippen LogP contribution in [-0.2, 0) is 0 Å². The van der Waals surface area contributed by atoms with Crippen LogP contribution in [0, 0.1) is 22.7 Å². The predicted molar refractivity (Wildman–Crippen MR) is 70.3 cm³/mol. The van der Waals surface area contributed by atoms with Crippen molar-refractivity contribution >= 4 is 11.6 Å². The van der Waals surface area contributed by atoms with Gasteiger partial charge in [0, 0.05) is 11.3 Å². The van der Waals surface area contributed by atoms with Gasteiger partial charge in [-0.05, 0) is 48.5 Å². The second-order valence-electron chi connectivity index (χ2n) is 3.83. The molecule has 0 bridgehead atoms. The minimum absolute atomic E-state index is 0.255. The molecule has 19 heavy (non-hydrogen) atoms. The summed E-state index contributed by atoms with van der Waals surface area (Å²) in [6.45, 7) is 0. The predicted octanol–water partition coefficient (Wildman–Crippen LogP) is 2.68. The van der Waals surface area contributed by atoms with Gasteiger partial charge in [-0.15, -0.1) is 0 Å². The Labute approximate surface area is 110 Å². The van der Waals surface area contributed by atoms with E-state index >= 15 is 0 Å². The van der Waals surface area contributed by atoms with Gasteiger partial charge in [0.25, 0.3) is 5.91 Å². The van der Waals surface area contributed by atoms with E-state index in [-0.39, 0.29) is 5.91 Å². The number of hydrogen-bond donors (Lipinski definition) is 1. The number of carbonyl (C=O) groups is 1. The van der Waals surface area contributed by atoms with Crippen LogP contribution in [0.4, 0.5) is 5.69 Å². The molecule has 4 heteroatoms. The quantitative estimate of drug-likeness (QED) is 0.886. The Balaban J connectivity index is 2.11. The average Bonchev–Trinajstić information content (AvgIpc) is 2.48. The molecule has 0 atom stereocenters. The van der Waals surface area contributed by atoms with Crippen LogP contribution in [0.15, 0.2) is 48.5 Å². The molecule has 0 saturated heterocycles. The summed E-state index contributed by atoms with van der Waals surface area (Å²) >= 11 is 0. The topological polar surface area (TPSA) is 76.7 Å². The number of amides is 1. The van der Waals surface area contributed by atoms with Crippen molar-refractivity contribution in [2.45, 2.75) is 0 Å². The van der Waals surface area contributed by atoms with E-state index < -0.39 is 0 Å². The lowest BCUT2D eigenvalue weighted by atomic mass is 10.1. The molecule has 4 nitrogen and oxygen atoms in total. The Morgan fingerprint density at radius 3 is 1.79 bits per heavy atom. The van der Waals surface area contributed by atoms with Crippen molar-refractivity contribution in [3.63, 3.8) is 0 Å². The van der Waals surface area contributed by atoms with E-state index in [1.54, 1.807) is 48.5 Å². The second-order valence-corrected chi connectivity index (χ2v) is 3.83. The van der Waals surface area contributed by atoms with Crippen LogP contribution in [0.25, 0.3) is 0 Å². The Kier molecular flexibility index (Phi) is 3.56. The van der Waals surface area contributed by atoms with Gasteiger partial charge in [-0.1, -0.05) is 0 Å². The van der Waals surface area contributed by atoms with Crippen molar-refractivity contribution in [3.8, 4) is 12.1 Å². The summed E-state index contributed by atoms with van der Waals surface area (Å²) in [4.78, 5) is 11.9. The fourth-order valence-corrected chi connectivity index (χ4v) is 1.53. The van der Waals surface area contributed by atoms with Gasteiger partial charge in [-0.3, -0.25) is 4.79 Å².